The lowest BCUT2D eigenvalue weighted by Gasteiger charge is -2.15. The van der Waals surface area contributed by atoms with Gasteiger partial charge in [-0.3, -0.25) is 0 Å². The molecule has 1 aliphatic rings. The zero-order chi connectivity index (χ0) is 8.10. The van der Waals surface area contributed by atoms with Gasteiger partial charge < -0.3 is 0 Å². The van der Waals surface area contributed by atoms with E-state index in [0.29, 0.717) is 0 Å². The SMILES string of the molecule is C[Si](Cl)=CCC1CC=CCC1. The van der Waals surface area contributed by atoms with Gasteiger partial charge in [-0.25, -0.2) is 0 Å². The Bertz CT molecular complexity index is 168. The van der Waals surface area contributed by atoms with Crippen LogP contribution in [0.1, 0.15) is 25.7 Å². The van der Waals surface area contributed by atoms with Crippen molar-refractivity contribution in [2.24, 2.45) is 5.92 Å². The number of hydrogen-bond donors (Lipinski definition) is 0. The minimum Gasteiger partial charge on any atom is -0.140 e. The van der Waals surface area contributed by atoms with Crippen molar-refractivity contribution in [3.8, 4) is 0 Å². The monoisotopic (exact) mass is 186 g/mol. The molecule has 0 aromatic rings. The molecule has 2 heteroatoms. The van der Waals surface area contributed by atoms with Gasteiger partial charge in [-0.1, -0.05) is 17.8 Å². The van der Waals surface area contributed by atoms with Crippen molar-refractivity contribution in [3.63, 3.8) is 0 Å². The summed E-state index contributed by atoms with van der Waals surface area (Å²) in [6.07, 6.45) is 9.72. The first kappa shape index (κ1) is 9.21. The van der Waals surface area contributed by atoms with Gasteiger partial charge in [-0.2, -0.15) is 0 Å². The van der Waals surface area contributed by atoms with E-state index in [0.717, 1.165) is 5.92 Å². The van der Waals surface area contributed by atoms with Crippen LogP contribution in [0.3, 0.4) is 0 Å². The van der Waals surface area contributed by atoms with Crippen LogP contribution in [0, 0.1) is 5.92 Å². The van der Waals surface area contributed by atoms with E-state index in [1.165, 1.54) is 25.7 Å². The number of rotatable bonds is 2. The molecule has 0 heterocycles. The first-order valence-electron chi connectivity index (χ1n) is 4.26. The third-order valence-electron chi connectivity index (χ3n) is 2.11. The van der Waals surface area contributed by atoms with Gasteiger partial charge in [0.2, 0.25) is 0 Å². The molecule has 0 aliphatic heterocycles. The summed E-state index contributed by atoms with van der Waals surface area (Å²) in [6.45, 7) is 2.13. The standard InChI is InChI=1S/C9H15ClSi/c1-11(10)8-7-9-5-3-2-4-6-9/h2-3,8-9H,4-7H2,1H3. The lowest BCUT2D eigenvalue weighted by atomic mass is 9.92. The molecule has 1 atom stereocenters. The Kier molecular flexibility index (Phi) is 4.09. The van der Waals surface area contributed by atoms with Gasteiger partial charge in [0.05, 0.1) is 0 Å². The number of allylic oxidation sites excluding steroid dienone is 2. The molecule has 0 saturated heterocycles. The highest BCUT2D eigenvalue weighted by atomic mass is 35.6. The second kappa shape index (κ2) is 4.89. The lowest BCUT2D eigenvalue weighted by Crippen LogP contribution is -2.04. The molecular formula is C9H15ClSi. The third-order valence-corrected chi connectivity index (χ3v) is 3.37. The quantitative estimate of drug-likeness (QED) is 0.354. The Balaban J connectivity index is 2.27. The summed E-state index contributed by atoms with van der Waals surface area (Å²) >= 11 is 5.93. The highest BCUT2D eigenvalue weighted by Crippen LogP contribution is 2.20. The van der Waals surface area contributed by atoms with E-state index in [2.05, 4.69) is 24.4 Å². The smallest absolute Gasteiger partial charge is 0.117 e. The van der Waals surface area contributed by atoms with E-state index in [4.69, 9.17) is 11.1 Å². The van der Waals surface area contributed by atoms with Crippen LogP contribution in [0.5, 0.6) is 0 Å². The molecule has 0 bridgehead atoms. The van der Waals surface area contributed by atoms with Crippen molar-refractivity contribution >= 4 is 24.5 Å². The molecule has 1 aliphatic carbocycles. The van der Waals surface area contributed by atoms with Crippen LogP contribution in [-0.4, -0.2) is 13.4 Å². The maximum Gasteiger partial charge on any atom is 0.117 e. The first-order valence-corrected chi connectivity index (χ1v) is 7.35. The van der Waals surface area contributed by atoms with Gasteiger partial charge in [-0.15, -0.1) is 11.1 Å². The second-order valence-electron chi connectivity index (χ2n) is 3.18. The van der Waals surface area contributed by atoms with Gasteiger partial charge in [-0.05, 0) is 38.1 Å². The third kappa shape index (κ3) is 3.87. The molecule has 1 rings (SSSR count). The highest BCUT2D eigenvalue weighted by molar-refractivity contribution is 7.07. The number of halogens is 1. The summed E-state index contributed by atoms with van der Waals surface area (Å²) in [6, 6.07) is 0. The van der Waals surface area contributed by atoms with Gasteiger partial charge in [0.1, 0.15) is 7.72 Å². The van der Waals surface area contributed by atoms with Crippen molar-refractivity contribution in [1.29, 1.82) is 0 Å². The molecular weight excluding hydrogens is 172 g/mol. The molecule has 0 amide bonds. The predicted molar refractivity (Wildman–Crippen MR) is 54.6 cm³/mol. The molecule has 11 heavy (non-hydrogen) atoms. The van der Waals surface area contributed by atoms with Crippen LogP contribution in [0.15, 0.2) is 12.2 Å². The Morgan fingerprint density at radius 2 is 2.45 bits per heavy atom. The Morgan fingerprint density at radius 1 is 1.64 bits per heavy atom. The molecule has 62 valence electrons. The molecule has 0 fully saturated rings. The largest absolute Gasteiger partial charge is 0.140 e. The van der Waals surface area contributed by atoms with Crippen molar-refractivity contribution in [1.82, 2.24) is 0 Å². The van der Waals surface area contributed by atoms with Crippen LogP contribution in [0.25, 0.3) is 0 Å². The Morgan fingerprint density at radius 3 is 3.00 bits per heavy atom. The molecule has 0 nitrogen and oxygen atoms in total. The summed E-state index contributed by atoms with van der Waals surface area (Å²) in [5.74, 6) is 0.888. The Labute approximate surface area is 75.2 Å². The van der Waals surface area contributed by atoms with Crippen LogP contribution < -0.4 is 0 Å². The van der Waals surface area contributed by atoms with Crippen LogP contribution in [0.2, 0.25) is 6.55 Å². The molecule has 0 aromatic carbocycles. The predicted octanol–water partition coefficient (Wildman–Crippen LogP) is 2.98. The average Bonchev–Trinajstić information content (AvgIpc) is 2.03. The topological polar surface area (TPSA) is 0 Å². The van der Waals surface area contributed by atoms with Gasteiger partial charge in [0.25, 0.3) is 0 Å². The summed E-state index contributed by atoms with van der Waals surface area (Å²) < 4.78 is 0. The summed E-state index contributed by atoms with van der Waals surface area (Å²) in [5, 5.41) is 0. The fourth-order valence-corrected chi connectivity index (χ4v) is 2.32. The first-order chi connectivity index (χ1) is 5.29. The zero-order valence-corrected chi connectivity index (χ0v) is 8.77. The number of hydrogen-bond acceptors (Lipinski definition) is 0. The fourth-order valence-electron chi connectivity index (χ4n) is 1.40. The van der Waals surface area contributed by atoms with Crippen molar-refractivity contribution in [2.75, 3.05) is 0 Å². The van der Waals surface area contributed by atoms with Crippen LogP contribution in [0.4, 0.5) is 0 Å². The minimum absolute atomic E-state index is 0.610. The van der Waals surface area contributed by atoms with Gasteiger partial charge in [0.15, 0.2) is 0 Å². The lowest BCUT2D eigenvalue weighted by molar-refractivity contribution is 0.502. The minimum atomic E-state index is -0.610. The van der Waals surface area contributed by atoms with E-state index in [1.807, 2.05) is 0 Å². The van der Waals surface area contributed by atoms with E-state index < -0.39 is 7.72 Å². The Hall–Kier alpha value is 0.117. The molecule has 0 radical (unpaired) electrons. The normalized spacial score (nSPS) is 25.6. The summed E-state index contributed by atoms with van der Waals surface area (Å²) in [7, 11) is -0.610. The second-order valence-corrected chi connectivity index (χ2v) is 6.55. The molecule has 0 spiro atoms. The van der Waals surface area contributed by atoms with E-state index in [1.54, 1.807) is 0 Å². The average molecular weight is 187 g/mol. The zero-order valence-electron chi connectivity index (χ0n) is 7.02. The summed E-state index contributed by atoms with van der Waals surface area (Å²) in [4.78, 5) is 0. The van der Waals surface area contributed by atoms with Crippen LogP contribution in [-0.2, 0) is 0 Å². The van der Waals surface area contributed by atoms with Crippen molar-refractivity contribution < 1.29 is 0 Å². The van der Waals surface area contributed by atoms with Crippen LogP contribution >= 0.6 is 11.1 Å². The fraction of sp³-hybridized carbons (Fsp3) is 0.667. The van der Waals surface area contributed by atoms with Crippen molar-refractivity contribution in [3.05, 3.63) is 12.2 Å². The van der Waals surface area contributed by atoms with Crippen molar-refractivity contribution in [2.45, 2.75) is 32.2 Å². The van der Waals surface area contributed by atoms with E-state index >= 15 is 0 Å². The molecule has 0 N–H and O–H groups in total. The maximum atomic E-state index is 5.93. The van der Waals surface area contributed by atoms with E-state index in [-0.39, 0.29) is 0 Å². The highest BCUT2D eigenvalue weighted by Gasteiger charge is 2.07. The van der Waals surface area contributed by atoms with Gasteiger partial charge >= 0.3 is 0 Å². The summed E-state index contributed by atoms with van der Waals surface area (Å²) in [5.41, 5.74) is 2.32. The maximum absolute atomic E-state index is 5.93. The molecule has 0 aromatic heterocycles. The molecule has 0 saturated carbocycles. The van der Waals surface area contributed by atoms with E-state index in [9.17, 15) is 0 Å². The van der Waals surface area contributed by atoms with Gasteiger partial charge in [0, 0.05) is 0 Å². The molecule has 1 unspecified atom stereocenters.